The summed E-state index contributed by atoms with van der Waals surface area (Å²) in [5.74, 6) is -0.195. The molecule has 27 heavy (non-hydrogen) atoms. The first-order valence-corrected chi connectivity index (χ1v) is 10.9. The van der Waals surface area contributed by atoms with Crippen LogP contribution < -0.4 is 10.0 Å². The molecule has 1 aromatic heterocycles. The molecule has 2 N–H and O–H groups in total. The molecule has 1 heterocycles. The molecule has 6 nitrogen and oxygen atoms in total. The lowest BCUT2D eigenvalue weighted by Gasteiger charge is -2.10. The van der Waals surface area contributed by atoms with E-state index in [0.717, 1.165) is 34.2 Å². The molecule has 0 radical (unpaired) electrons. The molecule has 3 aromatic rings. The number of carbonyl (C=O) groups excluding carboxylic acids is 1. The monoisotopic (exact) mass is 403 g/mol. The molecule has 0 unspecified atom stereocenters. The van der Waals surface area contributed by atoms with Crippen LogP contribution in [0, 0.1) is 6.92 Å². The number of rotatable bonds is 6. The van der Waals surface area contributed by atoms with Gasteiger partial charge in [0.25, 0.3) is 10.0 Å². The van der Waals surface area contributed by atoms with Crippen LogP contribution in [-0.2, 0) is 21.2 Å². The smallest absolute Gasteiger partial charge is 0.261 e. The molecule has 142 valence electrons. The highest BCUT2D eigenvalue weighted by molar-refractivity contribution is 7.92. The van der Waals surface area contributed by atoms with E-state index in [2.05, 4.69) is 21.9 Å². The third kappa shape index (κ3) is 4.45. The van der Waals surface area contributed by atoms with Crippen molar-refractivity contribution in [2.24, 2.45) is 0 Å². The number of hydrogen-bond donors (Lipinski definition) is 2. The topological polar surface area (TPSA) is 88.2 Å². The van der Waals surface area contributed by atoms with Crippen LogP contribution in [0.2, 0.25) is 0 Å². The van der Waals surface area contributed by atoms with Crippen LogP contribution in [0.3, 0.4) is 0 Å². The molecule has 0 aliphatic heterocycles. The first kappa shape index (κ1) is 19.3. The van der Waals surface area contributed by atoms with E-state index in [1.165, 1.54) is 18.3 Å². The number of nitrogens with one attached hydrogen (secondary N) is 2. The molecule has 8 heteroatoms. The summed E-state index contributed by atoms with van der Waals surface area (Å²) in [5.41, 5.74) is 3.16. The van der Waals surface area contributed by atoms with Gasteiger partial charge in [0.2, 0.25) is 5.91 Å². The van der Waals surface area contributed by atoms with E-state index in [1.807, 2.05) is 19.1 Å². The minimum atomic E-state index is -3.68. The molecule has 1 amide bonds. The van der Waals surface area contributed by atoms with E-state index in [1.54, 1.807) is 24.3 Å². The maximum Gasteiger partial charge on any atom is 0.261 e. The van der Waals surface area contributed by atoms with Crippen molar-refractivity contribution in [2.75, 3.05) is 10.0 Å². The quantitative estimate of drug-likeness (QED) is 0.642. The Kier molecular flexibility index (Phi) is 5.48. The number of thiazole rings is 1. The molecule has 0 aliphatic rings. The van der Waals surface area contributed by atoms with Gasteiger partial charge in [0.1, 0.15) is 0 Å². The number of hydrogen-bond acceptors (Lipinski definition) is 5. The number of nitrogens with zero attached hydrogens (tertiary/aromatic N) is 1. The number of anilines is 2. The maximum absolute atomic E-state index is 12.7. The molecule has 0 aliphatic carbocycles. The van der Waals surface area contributed by atoms with Gasteiger partial charge < -0.3 is 5.32 Å². The molecule has 0 bridgehead atoms. The number of benzene rings is 2. The van der Waals surface area contributed by atoms with Gasteiger partial charge in [-0.15, -0.1) is 0 Å². The summed E-state index contributed by atoms with van der Waals surface area (Å²) in [6.45, 7) is 5.36. The van der Waals surface area contributed by atoms with Gasteiger partial charge in [0.05, 0.1) is 20.8 Å². The second kappa shape index (κ2) is 7.66. The fourth-order valence-corrected chi connectivity index (χ4v) is 4.87. The Morgan fingerprint density at radius 1 is 1.19 bits per heavy atom. The van der Waals surface area contributed by atoms with Gasteiger partial charge >= 0.3 is 0 Å². The highest BCUT2D eigenvalue weighted by atomic mass is 32.2. The van der Waals surface area contributed by atoms with Crippen molar-refractivity contribution in [1.82, 2.24) is 4.98 Å². The maximum atomic E-state index is 12.7. The Morgan fingerprint density at radius 3 is 2.52 bits per heavy atom. The molecule has 0 saturated carbocycles. The van der Waals surface area contributed by atoms with Crippen molar-refractivity contribution in [3.8, 4) is 0 Å². The van der Waals surface area contributed by atoms with Gasteiger partial charge in [-0.3, -0.25) is 9.52 Å². The number of aryl methyl sites for hydroxylation is 2. The van der Waals surface area contributed by atoms with Crippen molar-refractivity contribution >= 4 is 48.3 Å². The largest absolute Gasteiger partial charge is 0.302 e. The van der Waals surface area contributed by atoms with Gasteiger partial charge in [-0.05, 0) is 48.7 Å². The van der Waals surface area contributed by atoms with Crippen LogP contribution in [-0.4, -0.2) is 19.3 Å². The highest BCUT2D eigenvalue weighted by Crippen LogP contribution is 2.32. The average Bonchev–Trinajstić information content (AvgIpc) is 2.97. The van der Waals surface area contributed by atoms with Gasteiger partial charge in [0, 0.05) is 6.92 Å². The van der Waals surface area contributed by atoms with Crippen molar-refractivity contribution in [2.45, 2.75) is 38.5 Å². The van der Waals surface area contributed by atoms with E-state index >= 15 is 0 Å². The van der Waals surface area contributed by atoms with Crippen molar-refractivity contribution < 1.29 is 13.2 Å². The zero-order valence-electron chi connectivity index (χ0n) is 15.4. The Balaban J connectivity index is 1.89. The summed E-state index contributed by atoms with van der Waals surface area (Å²) in [6, 6.07) is 10.4. The summed E-state index contributed by atoms with van der Waals surface area (Å²) >= 11 is 1.31. The molecule has 0 saturated heterocycles. The van der Waals surface area contributed by atoms with Crippen molar-refractivity contribution in [1.29, 1.82) is 0 Å². The number of sulfonamides is 1. The zero-order valence-corrected chi connectivity index (χ0v) is 17.0. The highest BCUT2D eigenvalue weighted by Gasteiger charge is 2.16. The van der Waals surface area contributed by atoms with Crippen LogP contribution in [0.4, 0.5) is 10.8 Å². The van der Waals surface area contributed by atoms with Crippen LogP contribution in [0.15, 0.2) is 41.3 Å². The Hall–Kier alpha value is -2.45. The summed E-state index contributed by atoms with van der Waals surface area (Å²) < 4.78 is 28.8. The van der Waals surface area contributed by atoms with Crippen molar-refractivity contribution in [3.63, 3.8) is 0 Å². The lowest BCUT2D eigenvalue weighted by atomic mass is 10.1. The Bertz CT molecular complexity index is 1090. The third-order valence-corrected chi connectivity index (χ3v) is 6.31. The standard InChI is InChI=1S/C19H21N3O3S2/c1-4-5-14-6-8-16(9-7-14)27(24,25)22-15-10-12(2)18-17(11-15)26-19(21-18)20-13(3)23/h6-11,22H,4-5H2,1-3H3,(H,20,21,23). The number of carbonyl (C=O) groups is 1. The minimum Gasteiger partial charge on any atom is -0.302 e. The van der Waals surface area contributed by atoms with E-state index in [-0.39, 0.29) is 10.8 Å². The summed E-state index contributed by atoms with van der Waals surface area (Å²) in [5, 5.41) is 3.15. The molecule has 0 spiro atoms. The third-order valence-electron chi connectivity index (χ3n) is 3.99. The number of fused-ring (bicyclic) bond motifs is 1. The number of aromatic nitrogens is 1. The molecular weight excluding hydrogens is 382 g/mol. The average molecular weight is 404 g/mol. The molecule has 3 rings (SSSR count). The van der Waals surface area contributed by atoms with E-state index < -0.39 is 10.0 Å². The molecule has 0 atom stereocenters. The molecular formula is C19H21N3O3S2. The Labute approximate surface area is 162 Å². The van der Waals surface area contributed by atoms with Crippen LogP contribution in [0.5, 0.6) is 0 Å². The van der Waals surface area contributed by atoms with Gasteiger partial charge in [0.15, 0.2) is 5.13 Å². The number of amides is 1. The van der Waals surface area contributed by atoms with Crippen LogP contribution in [0.1, 0.15) is 31.4 Å². The van der Waals surface area contributed by atoms with Gasteiger partial charge in [-0.1, -0.05) is 36.8 Å². The fourth-order valence-electron chi connectivity index (χ4n) is 2.80. The van der Waals surface area contributed by atoms with Crippen molar-refractivity contribution in [3.05, 3.63) is 47.5 Å². The Morgan fingerprint density at radius 2 is 1.89 bits per heavy atom. The molecule has 2 aromatic carbocycles. The predicted molar refractivity (Wildman–Crippen MR) is 110 cm³/mol. The summed E-state index contributed by atoms with van der Waals surface area (Å²) in [6.07, 6.45) is 1.94. The zero-order chi connectivity index (χ0) is 19.6. The van der Waals surface area contributed by atoms with Gasteiger partial charge in [-0.2, -0.15) is 0 Å². The fraction of sp³-hybridized carbons (Fsp3) is 0.263. The molecule has 0 fully saturated rings. The van der Waals surface area contributed by atoms with E-state index in [4.69, 9.17) is 0 Å². The lowest BCUT2D eigenvalue weighted by molar-refractivity contribution is -0.114. The minimum absolute atomic E-state index is 0.195. The predicted octanol–water partition coefficient (Wildman–Crippen LogP) is 4.32. The van der Waals surface area contributed by atoms with Crippen LogP contribution in [0.25, 0.3) is 10.2 Å². The first-order valence-electron chi connectivity index (χ1n) is 8.59. The second-order valence-electron chi connectivity index (χ2n) is 6.34. The second-order valence-corrected chi connectivity index (χ2v) is 9.05. The van der Waals surface area contributed by atoms with Crippen LogP contribution >= 0.6 is 11.3 Å². The summed E-state index contributed by atoms with van der Waals surface area (Å²) in [4.78, 5) is 15.8. The van der Waals surface area contributed by atoms with E-state index in [9.17, 15) is 13.2 Å². The lowest BCUT2D eigenvalue weighted by Crippen LogP contribution is -2.13. The van der Waals surface area contributed by atoms with Gasteiger partial charge in [-0.25, -0.2) is 13.4 Å². The summed E-state index contributed by atoms with van der Waals surface area (Å²) in [7, 11) is -3.68. The first-order chi connectivity index (χ1) is 12.8. The van der Waals surface area contributed by atoms with E-state index in [0.29, 0.717) is 10.8 Å². The normalized spacial score (nSPS) is 11.5. The SMILES string of the molecule is CCCc1ccc(S(=O)(=O)Nc2cc(C)c3nc(NC(C)=O)sc3c2)cc1.